The van der Waals surface area contributed by atoms with Crippen LogP contribution in [0.4, 0.5) is 0 Å². The number of nitrogens with zero attached hydrogens (tertiary/aromatic N) is 2. The quantitative estimate of drug-likeness (QED) is 0.470. The van der Waals surface area contributed by atoms with Crippen LogP contribution in [0.3, 0.4) is 0 Å². The SMILES string of the molecule is CCc1cc2c(cc3n2C[C@](C)(C(=O)NC2CCCCCC2)N(Cc2ccccc2C)C3=O)s1. The van der Waals surface area contributed by atoms with E-state index in [1.54, 1.807) is 11.3 Å². The second-order valence-corrected chi connectivity index (χ2v) is 11.4. The zero-order valence-electron chi connectivity index (χ0n) is 20.5. The van der Waals surface area contributed by atoms with Gasteiger partial charge in [-0.15, -0.1) is 11.3 Å². The lowest BCUT2D eigenvalue weighted by Gasteiger charge is -2.45. The number of rotatable bonds is 5. The topological polar surface area (TPSA) is 54.3 Å². The number of aryl methyl sites for hydroxylation is 2. The maximum atomic E-state index is 14.0. The summed E-state index contributed by atoms with van der Waals surface area (Å²) in [5.41, 5.74) is 3.03. The molecule has 2 amide bonds. The van der Waals surface area contributed by atoms with E-state index in [1.807, 2.05) is 30.0 Å². The Morgan fingerprint density at radius 3 is 2.59 bits per heavy atom. The van der Waals surface area contributed by atoms with E-state index in [9.17, 15) is 9.59 Å². The summed E-state index contributed by atoms with van der Waals surface area (Å²) in [4.78, 5) is 31.0. The molecule has 1 N–H and O–H groups in total. The smallest absolute Gasteiger partial charge is 0.271 e. The Morgan fingerprint density at radius 1 is 1.15 bits per heavy atom. The Labute approximate surface area is 206 Å². The summed E-state index contributed by atoms with van der Waals surface area (Å²) in [6.07, 6.45) is 7.82. The number of hydrogen-bond acceptors (Lipinski definition) is 3. The Bertz CT molecular complexity index is 1220. The number of benzene rings is 1. The monoisotopic (exact) mass is 477 g/mol. The van der Waals surface area contributed by atoms with Crippen LogP contribution in [-0.2, 0) is 24.3 Å². The van der Waals surface area contributed by atoms with Crippen LogP contribution in [0.5, 0.6) is 0 Å². The van der Waals surface area contributed by atoms with E-state index in [4.69, 9.17) is 0 Å². The lowest BCUT2D eigenvalue weighted by atomic mass is 9.92. The fraction of sp³-hybridized carbons (Fsp3) is 0.500. The second-order valence-electron chi connectivity index (χ2n) is 10.2. The highest BCUT2D eigenvalue weighted by molar-refractivity contribution is 7.19. The Hall–Kier alpha value is -2.60. The normalized spacial score (nSPS) is 21.5. The molecule has 0 radical (unpaired) electrons. The van der Waals surface area contributed by atoms with E-state index in [0.29, 0.717) is 18.8 Å². The standard InChI is InChI=1S/C28H35N3O2S/c1-4-22-15-23-25(34-22)16-24-26(32)31(17-20-12-10-9-11-19(20)2)28(3,18-30(23)24)27(33)29-21-13-7-5-6-8-14-21/h9-12,15-16,21H,4-8,13-14,17-18H2,1-3H3,(H,29,33)/t28-/m1/s1. The predicted molar refractivity (Wildman–Crippen MR) is 138 cm³/mol. The number of fused-ring (bicyclic) bond motifs is 3. The van der Waals surface area contributed by atoms with E-state index in [2.05, 4.69) is 41.9 Å². The number of amides is 2. The average Bonchev–Trinajstić information content (AvgIpc) is 3.26. The second kappa shape index (κ2) is 9.21. The molecule has 3 aromatic rings. The van der Waals surface area contributed by atoms with Gasteiger partial charge in [-0.2, -0.15) is 0 Å². The lowest BCUT2D eigenvalue weighted by Crippen LogP contribution is -2.64. The van der Waals surface area contributed by atoms with Crippen LogP contribution in [0.2, 0.25) is 0 Å². The van der Waals surface area contributed by atoms with Gasteiger partial charge in [0, 0.05) is 17.5 Å². The summed E-state index contributed by atoms with van der Waals surface area (Å²) in [6, 6.07) is 12.6. The van der Waals surface area contributed by atoms with Gasteiger partial charge in [-0.1, -0.05) is 56.9 Å². The number of aromatic nitrogens is 1. The summed E-state index contributed by atoms with van der Waals surface area (Å²) < 4.78 is 3.22. The maximum absolute atomic E-state index is 14.0. The molecule has 3 heterocycles. The largest absolute Gasteiger partial charge is 0.351 e. The molecular weight excluding hydrogens is 442 g/mol. The van der Waals surface area contributed by atoms with Crippen LogP contribution < -0.4 is 5.32 Å². The molecule has 0 bridgehead atoms. The molecule has 34 heavy (non-hydrogen) atoms. The van der Waals surface area contributed by atoms with Crippen molar-refractivity contribution in [3.8, 4) is 0 Å². The molecule has 6 heteroatoms. The Morgan fingerprint density at radius 2 is 1.88 bits per heavy atom. The highest BCUT2D eigenvalue weighted by Crippen LogP contribution is 2.37. The van der Waals surface area contributed by atoms with E-state index in [-0.39, 0.29) is 17.9 Å². The molecule has 5 rings (SSSR count). The number of thiophene rings is 1. The van der Waals surface area contributed by atoms with Crippen LogP contribution in [-0.4, -0.2) is 32.9 Å². The van der Waals surface area contributed by atoms with Crippen LogP contribution in [0.15, 0.2) is 36.4 Å². The van der Waals surface area contributed by atoms with Gasteiger partial charge in [0.15, 0.2) is 0 Å². The molecule has 2 aromatic heterocycles. The Kier molecular flexibility index (Phi) is 6.28. The molecule has 180 valence electrons. The molecule has 1 aliphatic carbocycles. The van der Waals surface area contributed by atoms with Gasteiger partial charge < -0.3 is 14.8 Å². The lowest BCUT2D eigenvalue weighted by molar-refractivity contribution is -0.134. The van der Waals surface area contributed by atoms with Crippen molar-refractivity contribution in [1.82, 2.24) is 14.8 Å². The van der Waals surface area contributed by atoms with Crippen LogP contribution in [0.25, 0.3) is 10.2 Å². The average molecular weight is 478 g/mol. The first-order chi connectivity index (χ1) is 16.4. The fourth-order valence-corrected chi connectivity index (χ4v) is 6.57. The third kappa shape index (κ3) is 4.06. The van der Waals surface area contributed by atoms with Gasteiger partial charge in [-0.05, 0) is 56.4 Å². The predicted octanol–water partition coefficient (Wildman–Crippen LogP) is 5.83. The number of carbonyl (C=O) groups is 2. The molecule has 0 saturated heterocycles. The van der Waals surface area contributed by atoms with Crippen molar-refractivity contribution in [2.75, 3.05) is 0 Å². The third-order valence-corrected chi connectivity index (χ3v) is 9.00. The van der Waals surface area contributed by atoms with Crippen molar-refractivity contribution in [2.24, 2.45) is 0 Å². The van der Waals surface area contributed by atoms with Gasteiger partial charge in [0.05, 0.1) is 16.8 Å². The van der Waals surface area contributed by atoms with E-state index < -0.39 is 5.54 Å². The minimum atomic E-state index is -0.959. The zero-order chi connectivity index (χ0) is 23.9. The van der Waals surface area contributed by atoms with Crippen LogP contribution >= 0.6 is 11.3 Å². The van der Waals surface area contributed by atoms with Crippen LogP contribution in [0.1, 0.15) is 78.9 Å². The molecular formula is C28H35N3O2S. The van der Waals surface area contributed by atoms with Gasteiger partial charge in [0.2, 0.25) is 5.91 Å². The molecule has 1 aromatic carbocycles. The van der Waals surface area contributed by atoms with E-state index in [1.165, 1.54) is 17.7 Å². The summed E-state index contributed by atoms with van der Waals surface area (Å²) in [5.74, 6) is -0.0887. The minimum absolute atomic E-state index is 0.0280. The number of carbonyl (C=O) groups excluding carboxylic acids is 2. The highest BCUT2D eigenvalue weighted by Gasteiger charge is 2.48. The molecule has 1 saturated carbocycles. The van der Waals surface area contributed by atoms with Crippen molar-refractivity contribution in [3.63, 3.8) is 0 Å². The molecule has 1 aliphatic heterocycles. The third-order valence-electron chi connectivity index (χ3n) is 7.78. The Balaban J connectivity index is 1.54. The summed E-state index contributed by atoms with van der Waals surface area (Å²) >= 11 is 1.75. The first kappa shape index (κ1) is 23.2. The van der Waals surface area contributed by atoms with Gasteiger partial charge >= 0.3 is 0 Å². The number of nitrogens with one attached hydrogen (secondary N) is 1. The minimum Gasteiger partial charge on any atom is -0.351 e. The molecule has 1 fully saturated rings. The van der Waals surface area contributed by atoms with Crippen molar-refractivity contribution < 1.29 is 9.59 Å². The molecule has 1 atom stereocenters. The van der Waals surface area contributed by atoms with Crippen LogP contribution in [0, 0.1) is 6.92 Å². The summed E-state index contributed by atoms with van der Waals surface area (Å²) in [7, 11) is 0. The van der Waals surface area contributed by atoms with Crippen molar-refractivity contribution in [1.29, 1.82) is 0 Å². The van der Waals surface area contributed by atoms with Gasteiger partial charge in [-0.3, -0.25) is 9.59 Å². The van der Waals surface area contributed by atoms with Crippen molar-refractivity contribution >= 4 is 33.4 Å². The van der Waals surface area contributed by atoms with Crippen molar-refractivity contribution in [2.45, 2.75) is 90.4 Å². The van der Waals surface area contributed by atoms with Gasteiger partial charge in [0.1, 0.15) is 11.2 Å². The maximum Gasteiger partial charge on any atom is 0.271 e. The zero-order valence-corrected chi connectivity index (χ0v) is 21.3. The summed E-state index contributed by atoms with van der Waals surface area (Å²) in [5, 5.41) is 3.36. The van der Waals surface area contributed by atoms with E-state index in [0.717, 1.165) is 53.4 Å². The molecule has 0 unspecified atom stereocenters. The number of hydrogen-bond donors (Lipinski definition) is 1. The highest BCUT2D eigenvalue weighted by atomic mass is 32.1. The molecule has 2 aliphatic rings. The molecule has 0 spiro atoms. The van der Waals surface area contributed by atoms with Crippen molar-refractivity contribution in [3.05, 3.63) is 58.1 Å². The first-order valence-electron chi connectivity index (χ1n) is 12.7. The fourth-order valence-electron chi connectivity index (χ4n) is 5.53. The summed E-state index contributed by atoms with van der Waals surface area (Å²) in [6.45, 7) is 7.08. The van der Waals surface area contributed by atoms with Gasteiger partial charge in [-0.25, -0.2) is 0 Å². The van der Waals surface area contributed by atoms with E-state index >= 15 is 0 Å². The molecule has 5 nitrogen and oxygen atoms in total. The van der Waals surface area contributed by atoms with Gasteiger partial charge in [0.25, 0.3) is 5.91 Å². The first-order valence-corrected chi connectivity index (χ1v) is 13.5.